The molecule has 4 nitrogen and oxygen atoms in total. The molecular weight excluding hydrogens is 297 g/mol. The molecule has 0 aromatic heterocycles. The number of halogens is 1. The van der Waals surface area contributed by atoms with E-state index in [1.165, 1.54) is 20.1 Å². The minimum atomic E-state index is -1.39. The van der Waals surface area contributed by atoms with E-state index in [1.807, 2.05) is 6.07 Å². The molecule has 0 saturated carbocycles. The Balaban J connectivity index is 2.54. The smallest absolute Gasteiger partial charge is 0.314 e. The van der Waals surface area contributed by atoms with Crippen LogP contribution in [-0.4, -0.2) is 18.2 Å². The van der Waals surface area contributed by atoms with Gasteiger partial charge in [-0.3, -0.25) is 4.79 Å². The Labute approximate surface area is 133 Å². The number of benzene rings is 2. The Morgan fingerprint density at radius 1 is 1.35 bits per heavy atom. The Bertz CT molecular complexity index is 782. The molecule has 0 spiro atoms. The van der Waals surface area contributed by atoms with Gasteiger partial charge in [0.1, 0.15) is 11.6 Å². The second-order valence-corrected chi connectivity index (χ2v) is 5.47. The van der Waals surface area contributed by atoms with E-state index >= 15 is 0 Å². The van der Waals surface area contributed by atoms with Crippen LogP contribution in [0.3, 0.4) is 0 Å². The lowest BCUT2D eigenvalue weighted by molar-refractivity contribution is -0.143. The van der Waals surface area contributed by atoms with E-state index in [4.69, 9.17) is 10.00 Å². The average molecular weight is 313 g/mol. The SMILES string of the molecule is COc1ccccc1CC(C)(C(=O)O)c1cc(F)cc(C#N)c1. The summed E-state index contributed by atoms with van der Waals surface area (Å²) in [5.74, 6) is -1.17. The van der Waals surface area contributed by atoms with Crippen LogP contribution in [0.25, 0.3) is 0 Å². The molecule has 2 aromatic carbocycles. The molecule has 2 aromatic rings. The van der Waals surface area contributed by atoms with Gasteiger partial charge in [0.25, 0.3) is 0 Å². The number of ether oxygens (including phenoxy) is 1. The zero-order valence-electron chi connectivity index (χ0n) is 12.8. The topological polar surface area (TPSA) is 70.3 Å². The maximum absolute atomic E-state index is 13.7. The minimum absolute atomic E-state index is 0.0903. The molecule has 1 unspecified atom stereocenters. The highest BCUT2D eigenvalue weighted by molar-refractivity contribution is 5.81. The van der Waals surface area contributed by atoms with Crippen molar-refractivity contribution in [3.8, 4) is 11.8 Å². The van der Waals surface area contributed by atoms with Gasteiger partial charge in [0.15, 0.2) is 0 Å². The fourth-order valence-corrected chi connectivity index (χ4v) is 2.50. The number of methoxy groups -OCH3 is 1. The molecule has 23 heavy (non-hydrogen) atoms. The summed E-state index contributed by atoms with van der Waals surface area (Å²) in [6.45, 7) is 1.51. The highest BCUT2D eigenvalue weighted by Gasteiger charge is 2.37. The molecule has 5 heteroatoms. The van der Waals surface area contributed by atoms with Gasteiger partial charge in [0.2, 0.25) is 0 Å². The number of nitriles is 1. The van der Waals surface area contributed by atoms with Crippen molar-refractivity contribution in [1.82, 2.24) is 0 Å². The molecule has 118 valence electrons. The normalized spacial score (nSPS) is 13.0. The van der Waals surface area contributed by atoms with Gasteiger partial charge in [-0.05, 0) is 48.7 Å². The lowest BCUT2D eigenvalue weighted by atomic mass is 9.76. The van der Waals surface area contributed by atoms with Crippen LogP contribution in [0, 0.1) is 17.1 Å². The summed E-state index contributed by atoms with van der Waals surface area (Å²) < 4.78 is 19.0. The Morgan fingerprint density at radius 2 is 2.04 bits per heavy atom. The van der Waals surface area contributed by atoms with Gasteiger partial charge in [-0.2, -0.15) is 5.26 Å². The third-order valence-corrected chi connectivity index (χ3v) is 3.87. The van der Waals surface area contributed by atoms with Gasteiger partial charge in [-0.15, -0.1) is 0 Å². The third kappa shape index (κ3) is 3.32. The van der Waals surface area contributed by atoms with Crippen molar-refractivity contribution in [3.63, 3.8) is 0 Å². The zero-order chi connectivity index (χ0) is 17.0. The zero-order valence-corrected chi connectivity index (χ0v) is 12.8. The second-order valence-electron chi connectivity index (χ2n) is 5.47. The summed E-state index contributed by atoms with van der Waals surface area (Å²) in [6.07, 6.45) is 0.112. The number of carbonyl (C=O) groups is 1. The number of carboxylic acids is 1. The molecule has 0 aliphatic carbocycles. The molecule has 0 radical (unpaired) electrons. The third-order valence-electron chi connectivity index (χ3n) is 3.87. The first kappa shape index (κ1) is 16.5. The molecule has 0 aliphatic heterocycles. The predicted molar refractivity (Wildman–Crippen MR) is 82.8 cm³/mol. The van der Waals surface area contributed by atoms with Crippen LogP contribution >= 0.6 is 0 Å². The number of carboxylic acid groups (broad SMARTS) is 1. The molecule has 0 heterocycles. The number of rotatable bonds is 5. The van der Waals surface area contributed by atoms with Gasteiger partial charge in [-0.25, -0.2) is 4.39 Å². The van der Waals surface area contributed by atoms with Crippen LogP contribution in [0.1, 0.15) is 23.6 Å². The van der Waals surface area contributed by atoms with Crippen LogP contribution in [-0.2, 0) is 16.6 Å². The Kier molecular flexibility index (Phi) is 4.65. The fraction of sp³-hybridized carbons (Fsp3) is 0.222. The van der Waals surface area contributed by atoms with Gasteiger partial charge in [-0.1, -0.05) is 18.2 Å². The highest BCUT2D eigenvalue weighted by atomic mass is 19.1. The molecule has 0 bridgehead atoms. The largest absolute Gasteiger partial charge is 0.496 e. The van der Waals surface area contributed by atoms with Gasteiger partial charge in [0.05, 0.1) is 24.2 Å². The van der Waals surface area contributed by atoms with E-state index in [0.29, 0.717) is 11.3 Å². The van der Waals surface area contributed by atoms with Gasteiger partial charge < -0.3 is 9.84 Å². The quantitative estimate of drug-likeness (QED) is 0.919. The van der Waals surface area contributed by atoms with Crippen molar-refractivity contribution in [3.05, 3.63) is 65.0 Å². The standard InChI is InChI=1S/C18H16FNO3/c1-18(17(21)22,10-13-5-3-4-6-16(13)23-2)14-7-12(11-20)8-15(19)9-14/h3-9H,10H2,1-2H3,(H,21,22). The average Bonchev–Trinajstić information content (AvgIpc) is 2.54. The monoisotopic (exact) mass is 313 g/mol. The molecular formula is C18H16FNO3. The lowest BCUT2D eigenvalue weighted by Crippen LogP contribution is -2.35. The first-order chi connectivity index (χ1) is 10.9. The molecule has 0 saturated heterocycles. The number of hydrogen-bond donors (Lipinski definition) is 1. The maximum Gasteiger partial charge on any atom is 0.314 e. The second kappa shape index (κ2) is 6.49. The summed E-state index contributed by atoms with van der Waals surface area (Å²) >= 11 is 0. The highest BCUT2D eigenvalue weighted by Crippen LogP contribution is 2.33. The van der Waals surface area contributed by atoms with E-state index in [9.17, 15) is 14.3 Å². The first-order valence-electron chi connectivity index (χ1n) is 6.97. The van der Waals surface area contributed by atoms with E-state index < -0.39 is 17.2 Å². The number of aliphatic carboxylic acids is 1. The summed E-state index contributed by atoms with van der Waals surface area (Å²) in [4.78, 5) is 11.9. The number of para-hydroxylation sites is 1. The van der Waals surface area contributed by atoms with Crippen LogP contribution in [0.4, 0.5) is 4.39 Å². The molecule has 0 aliphatic rings. The predicted octanol–water partition coefficient (Wildman–Crippen LogP) is 3.29. The summed E-state index contributed by atoms with van der Waals surface area (Å²) in [5.41, 5.74) is -0.356. The van der Waals surface area contributed by atoms with Crippen LogP contribution in [0.15, 0.2) is 42.5 Å². The van der Waals surface area contributed by atoms with Crippen molar-refractivity contribution >= 4 is 5.97 Å². The van der Waals surface area contributed by atoms with Crippen molar-refractivity contribution in [2.24, 2.45) is 0 Å². The van der Waals surface area contributed by atoms with Crippen molar-refractivity contribution in [2.45, 2.75) is 18.8 Å². The van der Waals surface area contributed by atoms with E-state index in [1.54, 1.807) is 24.3 Å². The molecule has 0 amide bonds. The summed E-state index contributed by atoms with van der Waals surface area (Å²) in [5, 5.41) is 18.7. The molecule has 1 N–H and O–H groups in total. The number of nitrogens with zero attached hydrogens (tertiary/aromatic N) is 1. The van der Waals surface area contributed by atoms with Gasteiger partial charge >= 0.3 is 5.97 Å². The Morgan fingerprint density at radius 3 is 2.65 bits per heavy atom. The van der Waals surface area contributed by atoms with Crippen molar-refractivity contribution in [2.75, 3.05) is 7.11 Å². The van der Waals surface area contributed by atoms with Crippen LogP contribution < -0.4 is 4.74 Å². The first-order valence-corrected chi connectivity index (χ1v) is 6.97. The summed E-state index contributed by atoms with van der Waals surface area (Å²) in [6, 6.07) is 12.6. The van der Waals surface area contributed by atoms with Crippen molar-refractivity contribution in [1.29, 1.82) is 5.26 Å². The molecule has 2 rings (SSSR count). The van der Waals surface area contributed by atoms with E-state index in [-0.39, 0.29) is 17.5 Å². The van der Waals surface area contributed by atoms with Crippen LogP contribution in [0.2, 0.25) is 0 Å². The maximum atomic E-state index is 13.7. The summed E-state index contributed by atoms with van der Waals surface area (Å²) in [7, 11) is 1.51. The van der Waals surface area contributed by atoms with E-state index in [0.717, 1.165) is 12.1 Å². The van der Waals surface area contributed by atoms with Gasteiger partial charge in [0, 0.05) is 0 Å². The van der Waals surface area contributed by atoms with Crippen molar-refractivity contribution < 1.29 is 19.0 Å². The van der Waals surface area contributed by atoms with Crippen LogP contribution in [0.5, 0.6) is 5.75 Å². The number of hydrogen-bond acceptors (Lipinski definition) is 3. The lowest BCUT2D eigenvalue weighted by Gasteiger charge is -2.26. The molecule has 0 fully saturated rings. The minimum Gasteiger partial charge on any atom is -0.496 e. The Hall–Kier alpha value is -2.87. The molecule has 1 atom stereocenters. The van der Waals surface area contributed by atoms with E-state index in [2.05, 4.69) is 0 Å². The fourth-order valence-electron chi connectivity index (χ4n) is 2.50.